The van der Waals surface area contributed by atoms with E-state index in [1.54, 1.807) is 0 Å². The predicted octanol–water partition coefficient (Wildman–Crippen LogP) is 2.49. The highest BCUT2D eigenvalue weighted by atomic mass is 19.1. The Morgan fingerprint density at radius 1 is 1.19 bits per heavy atom. The average Bonchev–Trinajstić information content (AvgIpc) is 3.24. The summed E-state index contributed by atoms with van der Waals surface area (Å²) in [6.45, 7) is 2.97. The van der Waals surface area contributed by atoms with Gasteiger partial charge in [-0.1, -0.05) is 12.1 Å². The molecule has 2 aromatic rings. The first-order valence-corrected chi connectivity index (χ1v) is 10.4. The van der Waals surface area contributed by atoms with E-state index < -0.39 is 11.9 Å². The van der Waals surface area contributed by atoms with Crippen LogP contribution in [0.2, 0.25) is 0 Å². The number of halogens is 1. The van der Waals surface area contributed by atoms with Crippen LogP contribution in [0.5, 0.6) is 5.75 Å². The molecule has 31 heavy (non-hydrogen) atoms. The molecule has 2 aliphatic heterocycles. The number of nitrogens with zero attached hydrogens (tertiary/aromatic N) is 2. The van der Waals surface area contributed by atoms with E-state index >= 15 is 0 Å². The van der Waals surface area contributed by atoms with Gasteiger partial charge in [0, 0.05) is 13.1 Å². The van der Waals surface area contributed by atoms with Crippen molar-refractivity contribution in [3.8, 4) is 5.75 Å². The van der Waals surface area contributed by atoms with Crippen molar-refractivity contribution < 1.29 is 23.5 Å². The maximum Gasteiger partial charge on any atom is 0.256 e. The van der Waals surface area contributed by atoms with Gasteiger partial charge < -0.3 is 19.9 Å². The van der Waals surface area contributed by atoms with Crippen LogP contribution in [0, 0.1) is 5.82 Å². The van der Waals surface area contributed by atoms with Gasteiger partial charge in [-0.3, -0.25) is 14.4 Å². The fourth-order valence-corrected chi connectivity index (χ4v) is 4.07. The zero-order chi connectivity index (χ0) is 22.0. The second-order valence-corrected chi connectivity index (χ2v) is 7.60. The molecule has 0 radical (unpaired) electrons. The first kappa shape index (κ1) is 20.8. The summed E-state index contributed by atoms with van der Waals surface area (Å²) in [5.74, 6) is -0.856. The molecule has 4 rings (SSSR count). The SMILES string of the molecule is CCOc1ccc(CNC(=O)CN2C(=O)C3CCCN3C(=O)c3cc(F)ccc32)cc1. The van der Waals surface area contributed by atoms with Gasteiger partial charge >= 0.3 is 0 Å². The Bertz CT molecular complexity index is 1010. The molecule has 1 N–H and O–H groups in total. The predicted molar refractivity (Wildman–Crippen MR) is 112 cm³/mol. The molecule has 1 unspecified atom stereocenters. The summed E-state index contributed by atoms with van der Waals surface area (Å²) < 4.78 is 19.3. The molecule has 1 saturated heterocycles. The monoisotopic (exact) mass is 425 g/mol. The number of anilines is 1. The lowest BCUT2D eigenvalue weighted by atomic mass is 10.1. The summed E-state index contributed by atoms with van der Waals surface area (Å²) in [5, 5.41) is 2.81. The van der Waals surface area contributed by atoms with Crippen LogP contribution in [0.15, 0.2) is 42.5 Å². The van der Waals surface area contributed by atoms with E-state index in [4.69, 9.17) is 4.74 Å². The minimum Gasteiger partial charge on any atom is -0.494 e. The van der Waals surface area contributed by atoms with Gasteiger partial charge in [0.1, 0.15) is 24.2 Å². The summed E-state index contributed by atoms with van der Waals surface area (Å²) in [5.41, 5.74) is 1.26. The van der Waals surface area contributed by atoms with Crippen molar-refractivity contribution >= 4 is 23.4 Å². The third-order valence-electron chi connectivity index (χ3n) is 5.57. The van der Waals surface area contributed by atoms with E-state index in [9.17, 15) is 18.8 Å². The summed E-state index contributed by atoms with van der Waals surface area (Å²) in [4.78, 5) is 41.5. The molecular formula is C23H24FN3O4. The van der Waals surface area contributed by atoms with Crippen LogP contribution < -0.4 is 15.0 Å². The molecule has 2 heterocycles. The minimum absolute atomic E-state index is 0.108. The zero-order valence-corrected chi connectivity index (χ0v) is 17.3. The fraction of sp³-hybridized carbons (Fsp3) is 0.348. The second kappa shape index (κ2) is 8.75. The molecule has 3 amide bonds. The normalized spacial score (nSPS) is 17.8. The average molecular weight is 425 g/mol. The summed E-state index contributed by atoms with van der Waals surface area (Å²) in [7, 11) is 0. The molecule has 1 atom stereocenters. The molecule has 1 fully saturated rings. The molecule has 0 aliphatic carbocycles. The van der Waals surface area contributed by atoms with E-state index in [2.05, 4.69) is 5.32 Å². The van der Waals surface area contributed by atoms with Crippen LogP contribution in [0.25, 0.3) is 0 Å². The standard InChI is InChI=1S/C23H24FN3O4/c1-2-31-17-8-5-15(6-9-17)13-25-21(28)14-27-19-10-7-16(24)12-18(19)22(29)26-11-3-4-20(26)23(27)30/h5-10,12,20H,2-4,11,13-14H2,1H3,(H,25,28). The largest absolute Gasteiger partial charge is 0.494 e. The first-order valence-electron chi connectivity index (χ1n) is 10.4. The lowest BCUT2D eigenvalue weighted by Gasteiger charge is -2.25. The highest BCUT2D eigenvalue weighted by Gasteiger charge is 2.42. The van der Waals surface area contributed by atoms with Crippen molar-refractivity contribution in [1.82, 2.24) is 10.2 Å². The van der Waals surface area contributed by atoms with Gasteiger partial charge in [0.05, 0.1) is 17.9 Å². The molecule has 0 bridgehead atoms. The summed E-state index contributed by atoms with van der Waals surface area (Å²) in [6, 6.07) is 10.5. The van der Waals surface area contributed by atoms with Crippen molar-refractivity contribution in [3.63, 3.8) is 0 Å². The Morgan fingerprint density at radius 2 is 1.97 bits per heavy atom. The Kier molecular flexibility index (Phi) is 5.88. The second-order valence-electron chi connectivity index (χ2n) is 7.60. The number of fused-ring (bicyclic) bond motifs is 2. The number of hydrogen-bond donors (Lipinski definition) is 1. The number of carbonyl (C=O) groups is 3. The highest BCUT2D eigenvalue weighted by Crippen LogP contribution is 2.32. The fourth-order valence-electron chi connectivity index (χ4n) is 4.07. The van der Waals surface area contributed by atoms with Crippen LogP contribution in [0.1, 0.15) is 35.7 Å². The molecule has 0 aromatic heterocycles. The van der Waals surface area contributed by atoms with Crippen molar-refractivity contribution in [3.05, 3.63) is 59.4 Å². The number of benzene rings is 2. The third kappa shape index (κ3) is 4.23. The minimum atomic E-state index is -0.623. The lowest BCUT2D eigenvalue weighted by Crippen LogP contribution is -2.48. The van der Waals surface area contributed by atoms with E-state index in [0.717, 1.165) is 17.4 Å². The Hall–Kier alpha value is -3.42. The van der Waals surface area contributed by atoms with Gasteiger partial charge in [-0.25, -0.2) is 4.39 Å². The van der Waals surface area contributed by atoms with Gasteiger partial charge in [-0.05, 0) is 55.7 Å². The molecule has 8 heteroatoms. The van der Waals surface area contributed by atoms with E-state index in [1.165, 1.54) is 21.9 Å². The lowest BCUT2D eigenvalue weighted by molar-refractivity contribution is -0.125. The smallest absolute Gasteiger partial charge is 0.256 e. The van der Waals surface area contributed by atoms with E-state index in [0.29, 0.717) is 26.0 Å². The number of carbonyl (C=O) groups excluding carboxylic acids is 3. The van der Waals surface area contributed by atoms with E-state index in [1.807, 2.05) is 31.2 Å². The van der Waals surface area contributed by atoms with Crippen molar-refractivity contribution in [2.75, 3.05) is 24.6 Å². The topological polar surface area (TPSA) is 79.0 Å². The van der Waals surface area contributed by atoms with Crippen LogP contribution in [-0.2, 0) is 16.1 Å². The molecule has 0 saturated carbocycles. The summed E-state index contributed by atoms with van der Waals surface area (Å²) in [6.07, 6.45) is 1.23. The summed E-state index contributed by atoms with van der Waals surface area (Å²) >= 11 is 0. The van der Waals surface area contributed by atoms with Gasteiger partial charge in [0.2, 0.25) is 11.8 Å². The van der Waals surface area contributed by atoms with Crippen molar-refractivity contribution in [2.45, 2.75) is 32.4 Å². The van der Waals surface area contributed by atoms with Gasteiger partial charge in [-0.15, -0.1) is 0 Å². The number of rotatable bonds is 6. The highest BCUT2D eigenvalue weighted by molar-refractivity contribution is 6.12. The molecule has 2 aliphatic rings. The van der Waals surface area contributed by atoms with Crippen molar-refractivity contribution in [1.29, 1.82) is 0 Å². The van der Waals surface area contributed by atoms with Crippen LogP contribution >= 0.6 is 0 Å². The number of ether oxygens (including phenoxy) is 1. The molecule has 7 nitrogen and oxygen atoms in total. The Balaban J connectivity index is 1.51. The van der Waals surface area contributed by atoms with Crippen LogP contribution in [0.3, 0.4) is 0 Å². The Morgan fingerprint density at radius 3 is 2.71 bits per heavy atom. The van der Waals surface area contributed by atoms with Crippen LogP contribution in [-0.4, -0.2) is 48.4 Å². The Labute approximate surface area is 179 Å². The van der Waals surface area contributed by atoms with Crippen LogP contribution in [0.4, 0.5) is 10.1 Å². The van der Waals surface area contributed by atoms with E-state index in [-0.39, 0.29) is 42.1 Å². The molecule has 162 valence electrons. The third-order valence-corrected chi connectivity index (χ3v) is 5.57. The molecule has 2 aromatic carbocycles. The maximum absolute atomic E-state index is 13.9. The number of amides is 3. The molecular weight excluding hydrogens is 401 g/mol. The van der Waals surface area contributed by atoms with Gasteiger partial charge in [0.15, 0.2) is 0 Å². The maximum atomic E-state index is 13.9. The first-order chi connectivity index (χ1) is 15.0. The number of nitrogens with one attached hydrogen (secondary N) is 1. The van der Waals surface area contributed by atoms with Gasteiger partial charge in [-0.2, -0.15) is 0 Å². The molecule has 0 spiro atoms. The van der Waals surface area contributed by atoms with Gasteiger partial charge in [0.25, 0.3) is 5.91 Å². The van der Waals surface area contributed by atoms with Crippen molar-refractivity contribution in [2.24, 2.45) is 0 Å². The quantitative estimate of drug-likeness (QED) is 0.771. The number of hydrogen-bond acceptors (Lipinski definition) is 4. The zero-order valence-electron chi connectivity index (χ0n) is 17.3.